The van der Waals surface area contributed by atoms with Crippen molar-refractivity contribution in [3.8, 4) is 0 Å². The normalized spacial score (nSPS) is 11.7. The lowest BCUT2D eigenvalue weighted by Gasteiger charge is -2.15. The highest BCUT2D eigenvalue weighted by Crippen LogP contribution is 2.23. The number of rotatable bonds is 8. The number of hydrogen-bond donors (Lipinski definition) is 0. The Morgan fingerprint density at radius 3 is 2.61 bits per heavy atom. The van der Waals surface area contributed by atoms with E-state index in [9.17, 15) is 4.79 Å². The summed E-state index contributed by atoms with van der Waals surface area (Å²) < 4.78 is 9.89. The summed E-state index contributed by atoms with van der Waals surface area (Å²) in [4.78, 5) is 20.6. The van der Waals surface area contributed by atoms with Gasteiger partial charge in [0.1, 0.15) is 0 Å². The Morgan fingerprint density at radius 2 is 2.09 bits per heavy atom. The van der Waals surface area contributed by atoms with Gasteiger partial charge in [0.15, 0.2) is 5.69 Å². The second-order valence-corrected chi connectivity index (χ2v) is 5.59. The fourth-order valence-corrected chi connectivity index (χ4v) is 2.05. The van der Waals surface area contributed by atoms with E-state index in [0.717, 1.165) is 29.0 Å². The molecule has 0 saturated heterocycles. The number of nitrogens with zero attached hydrogens (tertiary/aromatic N) is 2. The summed E-state index contributed by atoms with van der Waals surface area (Å²) in [6, 6.07) is 0. The van der Waals surface area contributed by atoms with Crippen LogP contribution in [0.2, 0.25) is 0 Å². The van der Waals surface area contributed by atoms with Crippen molar-refractivity contribution >= 4 is 11.5 Å². The fourth-order valence-electron chi connectivity index (χ4n) is 2.05. The molecule has 126 valence electrons. The summed E-state index contributed by atoms with van der Waals surface area (Å²) >= 11 is 0. The standard InChI is InChI=1S/C18H26N2O3/c1-7-14(8-9-22-5)17-15(10-13(4)12(2)3)20-16(11-19-17)18(21)23-6/h7,11-12H,4,8-10H2,1-3,5-6H3/b14-7-. The van der Waals surface area contributed by atoms with Gasteiger partial charge in [0.05, 0.1) is 31.3 Å². The monoisotopic (exact) mass is 318 g/mol. The van der Waals surface area contributed by atoms with Crippen LogP contribution in [0, 0.1) is 5.92 Å². The number of carbonyl (C=O) groups excluding carboxylic acids is 1. The largest absolute Gasteiger partial charge is 0.464 e. The van der Waals surface area contributed by atoms with E-state index in [1.807, 2.05) is 13.0 Å². The van der Waals surface area contributed by atoms with Crippen LogP contribution in [0.5, 0.6) is 0 Å². The smallest absolute Gasteiger partial charge is 0.358 e. The third-order valence-corrected chi connectivity index (χ3v) is 3.68. The first-order chi connectivity index (χ1) is 10.9. The van der Waals surface area contributed by atoms with E-state index < -0.39 is 5.97 Å². The molecule has 0 aliphatic carbocycles. The first-order valence-electron chi connectivity index (χ1n) is 7.70. The van der Waals surface area contributed by atoms with Gasteiger partial charge in [-0.1, -0.05) is 32.1 Å². The van der Waals surface area contributed by atoms with E-state index >= 15 is 0 Å². The minimum atomic E-state index is -0.487. The number of methoxy groups -OCH3 is 2. The minimum Gasteiger partial charge on any atom is -0.464 e. The average Bonchev–Trinajstić information content (AvgIpc) is 2.55. The summed E-state index contributed by atoms with van der Waals surface area (Å²) in [7, 11) is 3.00. The number of allylic oxidation sites excluding steroid dienone is 2. The van der Waals surface area contributed by atoms with E-state index in [1.165, 1.54) is 13.3 Å². The molecule has 1 heterocycles. The molecule has 0 aromatic carbocycles. The van der Waals surface area contributed by atoms with Crippen molar-refractivity contribution in [3.05, 3.63) is 41.5 Å². The number of esters is 1. The Kier molecular flexibility index (Phi) is 7.62. The molecule has 0 radical (unpaired) electrons. The van der Waals surface area contributed by atoms with Crippen LogP contribution in [0.3, 0.4) is 0 Å². The SMILES string of the molecule is C=C(Cc1nc(C(=O)OC)cnc1/C(=C\C)CCOC)C(C)C. The lowest BCUT2D eigenvalue weighted by atomic mass is 9.96. The molecule has 23 heavy (non-hydrogen) atoms. The van der Waals surface area contributed by atoms with E-state index in [2.05, 4.69) is 30.4 Å². The molecule has 0 fully saturated rings. The maximum Gasteiger partial charge on any atom is 0.358 e. The predicted octanol–water partition coefficient (Wildman–Crippen LogP) is 3.46. The Morgan fingerprint density at radius 1 is 1.39 bits per heavy atom. The van der Waals surface area contributed by atoms with E-state index in [-0.39, 0.29) is 5.69 Å². The summed E-state index contributed by atoms with van der Waals surface area (Å²) in [6.07, 6.45) is 4.77. The topological polar surface area (TPSA) is 61.3 Å². The van der Waals surface area contributed by atoms with E-state index in [4.69, 9.17) is 9.47 Å². The van der Waals surface area contributed by atoms with Gasteiger partial charge in [0.2, 0.25) is 0 Å². The molecule has 0 aliphatic rings. The molecule has 0 atom stereocenters. The lowest BCUT2D eigenvalue weighted by Crippen LogP contribution is -2.12. The number of ether oxygens (including phenoxy) is 2. The van der Waals surface area contributed by atoms with Gasteiger partial charge in [-0.05, 0) is 24.8 Å². The predicted molar refractivity (Wildman–Crippen MR) is 91.2 cm³/mol. The summed E-state index contributed by atoms with van der Waals surface area (Å²) in [5.74, 6) is -0.154. The maximum atomic E-state index is 11.7. The van der Waals surface area contributed by atoms with Crippen LogP contribution in [0.4, 0.5) is 0 Å². The van der Waals surface area contributed by atoms with Gasteiger partial charge in [0.25, 0.3) is 0 Å². The van der Waals surface area contributed by atoms with Crippen molar-refractivity contribution in [1.82, 2.24) is 9.97 Å². The Bertz CT molecular complexity index is 592. The fraction of sp³-hybridized carbons (Fsp3) is 0.500. The zero-order valence-corrected chi connectivity index (χ0v) is 14.7. The quantitative estimate of drug-likeness (QED) is 0.542. The molecule has 0 spiro atoms. The van der Waals surface area contributed by atoms with Gasteiger partial charge < -0.3 is 9.47 Å². The molecule has 0 saturated carbocycles. The molecule has 5 heteroatoms. The molecular formula is C18H26N2O3. The second kappa shape index (κ2) is 9.20. The molecular weight excluding hydrogens is 292 g/mol. The van der Waals surface area contributed by atoms with Crippen molar-refractivity contribution in [3.63, 3.8) is 0 Å². The third-order valence-electron chi connectivity index (χ3n) is 3.68. The highest BCUT2D eigenvalue weighted by molar-refractivity contribution is 5.87. The molecule has 1 rings (SSSR count). The lowest BCUT2D eigenvalue weighted by molar-refractivity contribution is 0.0593. The summed E-state index contributed by atoms with van der Waals surface area (Å²) in [5.41, 5.74) is 3.84. The van der Waals surface area contributed by atoms with Gasteiger partial charge in [-0.3, -0.25) is 4.98 Å². The van der Waals surface area contributed by atoms with Crippen molar-refractivity contribution in [2.75, 3.05) is 20.8 Å². The second-order valence-electron chi connectivity index (χ2n) is 5.59. The zero-order valence-electron chi connectivity index (χ0n) is 14.7. The molecule has 0 amide bonds. The maximum absolute atomic E-state index is 11.7. The number of hydrogen-bond acceptors (Lipinski definition) is 5. The van der Waals surface area contributed by atoms with Gasteiger partial charge >= 0.3 is 5.97 Å². The first kappa shape index (κ1) is 19.0. The van der Waals surface area contributed by atoms with E-state index in [1.54, 1.807) is 7.11 Å². The number of aromatic nitrogens is 2. The van der Waals surface area contributed by atoms with Crippen molar-refractivity contribution in [1.29, 1.82) is 0 Å². The zero-order chi connectivity index (χ0) is 17.4. The summed E-state index contributed by atoms with van der Waals surface area (Å²) in [5, 5.41) is 0. The van der Waals surface area contributed by atoms with Crippen molar-refractivity contribution in [2.24, 2.45) is 5.92 Å². The molecule has 0 bridgehead atoms. The molecule has 1 aromatic heterocycles. The molecule has 0 N–H and O–H groups in total. The Balaban J connectivity index is 3.26. The Labute approximate surface area is 138 Å². The van der Waals surface area contributed by atoms with Crippen molar-refractivity contribution in [2.45, 2.75) is 33.6 Å². The highest BCUT2D eigenvalue weighted by Gasteiger charge is 2.17. The van der Waals surface area contributed by atoms with Crippen LogP contribution in [0.15, 0.2) is 24.4 Å². The number of carbonyl (C=O) groups is 1. The minimum absolute atomic E-state index is 0.213. The van der Waals surface area contributed by atoms with Gasteiger partial charge in [0, 0.05) is 13.5 Å². The Hall–Kier alpha value is -2.01. The van der Waals surface area contributed by atoms with Crippen LogP contribution in [-0.2, 0) is 15.9 Å². The highest BCUT2D eigenvalue weighted by atomic mass is 16.5. The third kappa shape index (κ3) is 5.28. The van der Waals surface area contributed by atoms with Gasteiger partial charge in [-0.15, -0.1) is 0 Å². The van der Waals surface area contributed by atoms with Crippen LogP contribution >= 0.6 is 0 Å². The van der Waals surface area contributed by atoms with Crippen LogP contribution in [-0.4, -0.2) is 36.8 Å². The molecule has 5 nitrogen and oxygen atoms in total. The van der Waals surface area contributed by atoms with Crippen molar-refractivity contribution < 1.29 is 14.3 Å². The van der Waals surface area contributed by atoms with Gasteiger partial charge in [-0.25, -0.2) is 9.78 Å². The summed E-state index contributed by atoms with van der Waals surface area (Å²) in [6.45, 7) is 10.8. The molecule has 0 unspecified atom stereocenters. The molecule has 0 aliphatic heterocycles. The van der Waals surface area contributed by atoms with Crippen LogP contribution in [0.1, 0.15) is 49.1 Å². The first-order valence-corrected chi connectivity index (χ1v) is 7.70. The van der Waals surface area contributed by atoms with Gasteiger partial charge in [-0.2, -0.15) is 0 Å². The average molecular weight is 318 g/mol. The molecule has 1 aromatic rings. The van der Waals surface area contributed by atoms with Crippen LogP contribution < -0.4 is 0 Å². The van der Waals surface area contributed by atoms with E-state index in [0.29, 0.717) is 18.9 Å². The van der Waals surface area contributed by atoms with Crippen LogP contribution in [0.25, 0.3) is 5.57 Å².